The van der Waals surface area contributed by atoms with Crippen molar-refractivity contribution in [3.05, 3.63) is 23.8 Å². The first-order valence-electron chi connectivity index (χ1n) is 6.31. The van der Waals surface area contributed by atoms with Crippen molar-refractivity contribution >= 4 is 19.3 Å². The van der Waals surface area contributed by atoms with Crippen molar-refractivity contribution in [3.8, 4) is 0 Å². The van der Waals surface area contributed by atoms with Crippen molar-refractivity contribution in [1.29, 1.82) is 0 Å². The van der Waals surface area contributed by atoms with Crippen molar-refractivity contribution in [2.75, 3.05) is 0 Å². The Labute approximate surface area is 117 Å². The van der Waals surface area contributed by atoms with Crippen LogP contribution >= 0.6 is 7.37 Å². The summed E-state index contributed by atoms with van der Waals surface area (Å²) >= 11 is 0. The van der Waals surface area contributed by atoms with Crippen LogP contribution in [0.25, 0.3) is 0 Å². The molecular weight excluding hydrogens is 283 g/mol. The van der Waals surface area contributed by atoms with Gasteiger partial charge < -0.3 is 15.1 Å². The summed E-state index contributed by atoms with van der Waals surface area (Å²) in [6, 6.07) is 0. The zero-order valence-corrected chi connectivity index (χ0v) is 12.5. The molecule has 0 bridgehead atoms. The Bertz CT molecular complexity index is 535. The lowest BCUT2D eigenvalue weighted by Crippen LogP contribution is -2.47. The summed E-state index contributed by atoms with van der Waals surface area (Å²) in [5, 5.41) is 16.6. The molecule has 0 aromatic heterocycles. The van der Waals surface area contributed by atoms with Crippen LogP contribution < -0.4 is 0 Å². The maximum absolute atomic E-state index is 12.7. The Balaban J connectivity index is 3.51. The summed E-state index contributed by atoms with van der Waals surface area (Å²) in [5.74, 6) is -3.84. The highest BCUT2D eigenvalue weighted by Crippen LogP contribution is 2.64. The molecule has 7 heteroatoms. The van der Waals surface area contributed by atoms with Crippen LogP contribution in [0.5, 0.6) is 0 Å². The predicted octanol–water partition coefficient (Wildman–Crippen LogP) is 2.10. The summed E-state index contributed by atoms with van der Waals surface area (Å²) in [6.07, 6.45) is 3.99. The molecule has 0 radical (unpaired) electrons. The summed E-state index contributed by atoms with van der Waals surface area (Å²) in [6.45, 7) is 4.56. The molecule has 0 aliphatic heterocycles. The fourth-order valence-electron chi connectivity index (χ4n) is 2.47. The van der Waals surface area contributed by atoms with Crippen molar-refractivity contribution in [2.24, 2.45) is 5.92 Å². The summed E-state index contributed by atoms with van der Waals surface area (Å²) < 4.78 is 12.7. The highest BCUT2D eigenvalue weighted by atomic mass is 31.2. The standard InChI is InChI=1S/C13H19O6P/c1-4-8(2)20(18,19)13(12(16)17)7-5-6-10(9(13)3)11(14)15/h5-9H,4H2,1-3H3,(H,14,15)(H,16,17)(H,18,19). The zero-order valence-electron chi connectivity index (χ0n) is 11.6. The molecule has 0 aromatic rings. The van der Waals surface area contributed by atoms with Gasteiger partial charge in [-0.3, -0.25) is 9.36 Å². The van der Waals surface area contributed by atoms with E-state index < -0.39 is 36.0 Å². The fraction of sp³-hybridized carbons (Fsp3) is 0.538. The van der Waals surface area contributed by atoms with E-state index in [9.17, 15) is 24.2 Å². The number of allylic oxidation sites excluding steroid dienone is 2. The van der Waals surface area contributed by atoms with E-state index in [0.29, 0.717) is 6.42 Å². The Morgan fingerprint density at radius 3 is 2.40 bits per heavy atom. The SMILES string of the molecule is CCC(C)P(=O)(O)C1(C(=O)O)C=CC=C(C(=O)O)C1C. The van der Waals surface area contributed by atoms with E-state index in [-0.39, 0.29) is 5.57 Å². The monoisotopic (exact) mass is 302 g/mol. The second kappa shape index (κ2) is 5.54. The molecule has 3 N–H and O–H groups in total. The molecule has 0 amide bonds. The van der Waals surface area contributed by atoms with Crippen molar-refractivity contribution in [2.45, 2.75) is 38.0 Å². The minimum atomic E-state index is -4.17. The summed E-state index contributed by atoms with van der Waals surface area (Å²) in [4.78, 5) is 33.3. The van der Waals surface area contributed by atoms with Gasteiger partial charge in [0.05, 0.1) is 0 Å². The lowest BCUT2D eigenvalue weighted by Gasteiger charge is -2.40. The third-order valence-electron chi connectivity index (χ3n) is 4.06. The van der Waals surface area contributed by atoms with Gasteiger partial charge in [-0.1, -0.05) is 39.0 Å². The molecule has 4 atom stereocenters. The molecule has 0 spiro atoms. The highest BCUT2D eigenvalue weighted by Gasteiger charge is 2.59. The van der Waals surface area contributed by atoms with Crippen LogP contribution in [0, 0.1) is 5.92 Å². The van der Waals surface area contributed by atoms with E-state index in [1.807, 2.05) is 0 Å². The van der Waals surface area contributed by atoms with Gasteiger partial charge in [0.25, 0.3) is 0 Å². The van der Waals surface area contributed by atoms with Gasteiger partial charge >= 0.3 is 11.9 Å². The third kappa shape index (κ3) is 2.23. The number of carbonyl (C=O) groups is 2. The lowest BCUT2D eigenvalue weighted by molar-refractivity contribution is -0.140. The van der Waals surface area contributed by atoms with E-state index in [4.69, 9.17) is 5.11 Å². The average Bonchev–Trinajstić information content (AvgIpc) is 2.36. The second-order valence-corrected chi connectivity index (χ2v) is 7.89. The summed E-state index contributed by atoms with van der Waals surface area (Å²) in [5.41, 5.74) is -0.911. The molecule has 0 aromatic carbocycles. The largest absolute Gasteiger partial charge is 0.480 e. The normalized spacial score (nSPS) is 30.2. The molecule has 20 heavy (non-hydrogen) atoms. The van der Waals surface area contributed by atoms with Crippen LogP contribution in [0.3, 0.4) is 0 Å². The molecule has 4 unspecified atom stereocenters. The quantitative estimate of drug-likeness (QED) is 0.670. The number of carboxylic acid groups (broad SMARTS) is 2. The number of rotatable bonds is 5. The van der Waals surface area contributed by atoms with Gasteiger partial charge in [-0.15, -0.1) is 0 Å². The van der Waals surface area contributed by atoms with Crippen LogP contribution in [0.4, 0.5) is 0 Å². The van der Waals surface area contributed by atoms with Crippen molar-refractivity contribution in [3.63, 3.8) is 0 Å². The predicted molar refractivity (Wildman–Crippen MR) is 74.0 cm³/mol. The molecule has 1 rings (SSSR count). The van der Waals surface area contributed by atoms with Crippen molar-refractivity contribution in [1.82, 2.24) is 0 Å². The van der Waals surface area contributed by atoms with Crippen molar-refractivity contribution < 1.29 is 29.3 Å². The topological polar surface area (TPSA) is 112 Å². The molecular formula is C13H19O6P. The molecule has 0 saturated carbocycles. The third-order valence-corrected chi connectivity index (χ3v) is 7.41. The number of aliphatic carboxylic acids is 2. The summed E-state index contributed by atoms with van der Waals surface area (Å²) in [7, 11) is -4.17. The highest BCUT2D eigenvalue weighted by molar-refractivity contribution is 7.61. The van der Waals surface area contributed by atoms with Crippen LogP contribution in [-0.2, 0) is 14.2 Å². The van der Waals surface area contributed by atoms with Crippen LogP contribution in [-0.4, -0.2) is 37.9 Å². The first-order chi connectivity index (χ1) is 9.12. The number of carboxylic acids is 2. The van der Waals surface area contributed by atoms with Gasteiger partial charge in [-0.05, 0) is 6.42 Å². The van der Waals surface area contributed by atoms with Gasteiger partial charge in [-0.25, -0.2) is 4.79 Å². The molecule has 1 aliphatic carbocycles. The number of hydrogen-bond donors (Lipinski definition) is 3. The Hall–Kier alpha value is -1.39. The first-order valence-corrected chi connectivity index (χ1v) is 8.04. The molecule has 1 aliphatic rings. The molecule has 6 nitrogen and oxygen atoms in total. The van der Waals surface area contributed by atoms with Gasteiger partial charge in [0.1, 0.15) is 0 Å². The average molecular weight is 302 g/mol. The molecule has 0 saturated heterocycles. The zero-order chi connectivity index (χ0) is 15.7. The Morgan fingerprint density at radius 2 is 2.00 bits per heavy atom. The molecule has 112 valence electrons. The van der Waals surface area contributed by atoms with E-state index in [0.717, 1.165) is 6.08 Å². The maximum atomic E-state index is 12.7. The van der Waals surface area contributed by atoms with E-state index in [1.54, 1.807) is 6.92 Å². The van der Waals surface area contributed by atoms with Crippen LogP contribution in [0.1, 0.15) is 27.2 Å². The van der Waals surface area contributed by atoms with Gasteiger partial charge in [0.2, 0.25) is 7.37 Å². The van der Waals surface area contributed by atoms with Gasteiger partial charge in [0, 0.05) is 17.2 Å². The maximum Gasteiger partial charge on any atom is 0.331 e. The number of hydrogen-bond acceptors (Lipinski definition) is 3. The molecule has 0 fully saturated rings. The van der Waals surface area contributed by atoms with E-state index in [1.165, 1.54) is 26.0 Å². The minimum Gasteiger partial charge on any atom is -0.480 e. The van der Waals surface area contributed by atoms with Crippen LogP contribution in [0.15, 0.2) is 23.8 Å². The van der Waals surface area contributed by atoms with E-state index in [2.05, 4.69) is 0 Å². The van der Waals surface area contributed by atoms with Crippen LogP contribution in [0.2, 0.25) is 0 Å². The van der Waals surface area contributed by atoms with Gasteiger partial charge in [-0.2, -0.15) is 0 Å². The fourth-order valence-corrected chi connectivity index (χ4v) is 4.96. The first kappa shape index (κ1) is 16.7. The lowest BCUT2D eigenvalue weighted by atomic mass is 9.82. The van der Waals surface area contributed by atoms with Gasteiger partial charge in [0.15, 0.2) is 5.16 Å². The molecule has 0 heterocycles. The van der Waals surface area contributed by atoms with E-state index >= 15 is 0 Å². The Kier molecular flexibility index (Phi) is 4.62. The minimum absolute atomic E-state index is 0.174. The Morgan fingerprint density at radius 1 is 1.45 bits per heavy atom. The smallest absolute Gasteiger partial charge is 0.331 e. The second-order valence-electron chi connectivity index (χ2n) is 5.02.